The highest BCUT2D eigenvalue weighted by molar-refractivity contribution is 9.10. The number of carbonyl (C=O) groups excluding carboxylic acids is 1. The molecule has 64 valence electrons. The topological polar surface area (TPSA) is 38.3 Å². The molecule has 1 rings (SSSR count). The van der Waals surface area contributed by atoms with Crippen molar-refractivity contribution < 1.29 is 9.53 Å². The van der Waals surface area contributed by atoms with Crippen LogP contribution in [-0.4, -0.2) is 30.5 Å². The van der Waals surface area contributed by atoms with E-state index in [4.69, 9.17) is 4.74 Å². The van der Waals surface area contributed by atoms with Crippen LogP contribution in [-0.2, 0) is 9.53 Å². The average molecular weight is 222 g/mol. The van der Waals surface area contributed by atoms with Crippen molar-refractivity contribution in [3.63, 3.8) is 0 Å². The van der Waals surface area contributed by atoms with E-state index in [9.17, 15) is 4.79 Å². The summed E-state index contributed by atoms with van der Waals surface area (Å²) < 4.78 is 5.33. The third kappa shape index (κ3) is 2.17. The summed E-state index contributed by atoms with van der Waals surface area (Å²) >= 11 is 3.29. The first-order valence-corrected chi connectivity index (χ1v) is 4.64. The first-order valence-electron chi connectivity index (χ1n) is 3.73. The smallest absolute Gasteiger partial charge is 0.236 e. The summed E-state index contributed by atoms with van der Waals surface area (Å²) in [6, 6.07) is 0. The maximum Gasteiger partial charge on any atom is 0.236 e. The number of amides is 1. The molecule has 0 bridgehead atoms. The van der Waals surface area contributed by atoms with Crippen molar-refractivity contribution in [2.24, 2.45) is 0 Å². The van der Waals surface area contributed by atoms with Crippen molar-refractivity contribution in [1.82, 2.24) is 5.32 Å². The molecule has 0 aliphatic carbocycles. The number of hydrogen-bond donors (Lipinski definition) is 1. The second-order valence-electron chi connectivity index (χ2n) is 2.57. The molecule has 1 saturated heterocycles. The van der Waals surface area contributed by atoms with Crippen molar-refractivity contribution in [3.8, 4) is 0 Å². The Morgan fingerprint density at radius 2 is 2.55 bits per heavy atom. The summed E-state index contributed by atoms with van der Waals surface area (Å²) in [5.41, 5.74) is 0. The number of hydrogen-bond acceptors (Lipinski definition) is 2. The number of rotatable bonds is 2. The molecule has 1 amide bonds. The minimum Gasteiger partial charge on any atom is -0.377 e. The van der Waals surface area contributed by atoms with Gasteiger partial charge in [0.15, 0.2) is 0 Å². The van der Waals surface area contributed by atoms with Gasteiger partial charge in [0.25, 0.3) is 0 Å². The van der Waals surface area contributed by atoms with Gasteiger partial charge in [-0.15, -0.1) is 0 Å². The third-order valence-electron chi connectivity index (χ3n) is 1.79. The molecule has 0 saturated carbocycles. The van der Waals surface area contributed by atoms with E-state index in [0.717, 1.165) is 19.4 Å². The van der Waals surface area contributed by atoms with Crippen molar-refractivity contribution in [2.75, 3.05) is 13.7 Å². The molecule has 1 heterocycles. The van der Waals surface area contributed by atoms with Crippen LogP contribution in [0.15, 0.2) is 0 Å². The average Bonchev–Trinajstić information content (AvgIpc) is 2.53. The molecular weight excluding hydrogens is 210 g/mol. The highest BCUT2D eigenvalue weighted by Crippen LogP contribution is 2.20. The van der Waals surface area contributed by atoms with Gasteiger partial charge in [-0.3, -0.25) is 4.79 Å². The van der Waals surface area contributed by atoms with Crippen LogP contribution < -0.4 is 5.32 Å². The van der Waals surface area contributed by atoms with E-state index in [2.05, 4.69) is 21.2 Å². The normalized spacial score (nSPS) is 26.5. The lowest BCUT2D eigenvalue weighted by molar-refractivity contribution is -0.121. The molecule has 2 atom stereocenters. The fourth-order valence-electron chi connectivity index (χ4n) is 1.14. The molecule has 1 N–H and O–H groups in total. The van der Waals surface area contributed by atoms with E-state index in [0.29, 0.717) is 0 Å². The van der Waals surface area contributed by atoms with Crippen LogP contribution in [0.2, 0.25) is 0 Å². The lowest BCUT2D eigenvalue weighted by Gasteiger charge is -2.14. The van der Waals surface area contributed by atoms with E-state index in [-0.39, 0.29) is 16.8 Å². The number of nitrogens with one attached hydrogen (secondary N) is 1. The van der Waals surface area contributed by atoms with Crippen LogP contribution in [0.3, 0.4) is 0 Å². The van der Waals surface area contributed by atoms with Gasteiger partial charge in [-0.25, -0.2) is 0 Å². The van der Waals surface area contributed by atoms with E-state index in [1.807, 2.05) is 0 Å². The van der Waals surface area contributed by atoms with Crippen LogP contribution in [0.1, 0.15) is 12.8 Å². The second kappa shape index (κ2) is 4.07. The monoisotopic (exact) mass is 221 g/mol. The Morgan fingerprint density at radius 3 is 3.00 bits per heavy atom. The molecule has 0 aromatic heterocycles. The number of alkyl halides is 1. The predicted molar refractivity (Wildman–Crippen MR) is 45.8 cm³/mol. The quantitative estimate of drug-likeness (QED) is 0.697. The van der Waals surface area contributed by atoms with E-state index < -0.39 is 0 Å². The molecule has 3 nitrogen and oxygen atoms in total. The van der Waals surface area contributed by atoms with Gasteiger partial charge >= 0.3 is 0 Å². The summed E-state index contributed by atoms with van der Waals surface area (Å²) in [6.07, 6.45) is 2.10. The zero-order chi connectivity index (χ0) is 8.27. The lowest BCUT2D eigenvalue weighted by atomic mass is 10.2. The maximum absolute atomic E-state index is 11.1. The Labute approximate surface area is 74.6 Å². The van der Waals surface area contributed by atoms with Gasteiger partial charge in [0.1, 0.15) is 4.83 Å². The van der Waals surface area contributed by atoms with Gasteiger partial charge < -0.3 is 10.1 Å². The van der Waals surface area contributed by atoms with E-state index in [1.54, 1.807) is 7.05 Å². The lowest BCUT2D eigenvalue weighted by Crippen LogP contribution is -2.35. The van der Waals surface area contributed by atoms with Gasteiger partial charge in [-0.2, -0.15) is 0 Å². The van der Waals surface area contributed by atoms with E-state index in [1.165, 1.54) is 0 Å². The SMILES string of the molecule is CNC(=O)[C@H](Br)[C@@H]1CCCO1. The molecule has 0 aromatic carbocycles. The minimum absolute atomic E-state index is 0.00287. The van der Waals surface area contributed by atoms with Crippen molar-refractivity contribution in [2.45, 2.75) is 23.8 Å². The Hall–Kier alpha value is -0.0900. The van der Waals surface area contributed by atoms with E-state index >= 15 is 0 Å². The molecule has 4 heteroatoms. The Morgan fingerprint density at radius 1 is 1.82 bits per heavy atom. The standard InChI is InChI=1S/C7H12BrNO2/c1-9-7(10)6(8)5-3-2-4-11-5/h5-6H,2-4H2,1H3,(H,9,10)/t5-,6+/m0/s1. The summed E-state index contributed by atoms with van der Waals surface area (Å²) in [7, 11) is 1.63. The summed E-state index contributed by atoms with van der Waals surface area (Å²) in [5.74, 6) is -0.00287. The highest BCUT2D eigenvalue weighted by atomic mass is 79.9. The van der Waals surface area contributed by atoms with Crippen LogP contribution in [0.25, 0.3) is 0 Å². The molecular formula is C7H12BrNO2. The third-order valence-corrected chi connectivity index (χ3v) is 2.79. The number of carbonyl (C=O) groups is 1. The molecule has 1 fully saturated rings. The van der Waals surface area contributed by atoms with Crippen LogP contribution in [0, 0.1) is 0 Å². The maximum atomic E-state index is 11.1. The Bertz CT molecular complexity index is 145. The molecule has 0 spiro atoms. The molecule has 0 unspecified atom stereocenters. The van der Waals surface area contributed by atoms with Crippen LogP contribution in [0.5, 0.6) is 0 Å². The first-order chi connectivity index (χ1) is 5.25. The second-order valence-corrected chi connectivity index (χ2v) is 3.55. The van der Waals surface area contributed by atoms with Gasteiger partial charge in [-0.05, 0) is 12.8 Å². The largest absolute Gasteiger partial charge is 0.377 e. The summed E-state index contributed by atoms with van der Waals surface area (Å²) in [6.45, 7) is 0.782. The fraction of sp³-hybridized carbons (Fsp3) is 0.857. The van der Waals surface area contributed by atoms with Crippen molar-refractivity contribution >= 4 is 21.8 Å². The van der Waals surface area contributed by atoms with Crippen molar-refractivity contribution in [1.29, 1.82) is 0 Å². The fourth-order valence-corrected chi connectivity index (χ4v) is 1.79. The Kier molecular flexibility index (Phi) is 3.33. The molecule has 11 heavy (non-hydrogen) atoms. The van der Waals surface area contributed by atoms with Gasteiger partial charge in [0.05, 0.1) is 6.10 Å². The first kappa shape index (κ1) is 9.00. The van der Waals surface area contributed by atoms with Gasteiger partial charge in [0.2, 0.25) is 5.91 Å². The van der Waals surface area contributed by atoms with Crippen molar-refractivity contribution in [3.05, 3.63) is 0 Å². The zero-order valence-corrected chi connectivity index (χ0v) is 8.06. The Balaban J connectivity index is 2.39. The predicted octanol–water partition coefficient (Wildman–Crippen LogP) is 0.675. The number of halogens is 1. The number of ether oxygens (including phenoxy) is 1. The summed E-state index contributed by atoms with van der Waals surface area (Å²) in [5, 5.41) is 2.58. The van der Waals surface area contributed by atoms with Crippen LogP contribution in [0.4, 0.5) is 0 Å². The molecule has 1 aliphatic heterocycles. The molecule has 0 aromatic rings. The van der Waals surface area contributed by atoms with Gasteiger partial charge in [0, 0.05) is 13.7 Å². The van der Waals surface area contributed by atoms with Gasteiger partial charge in [-0.1, -0.05) is 15.9 Å². The summed E-state index contributed by atoms with van der Waals surface area (Å²) in [4.78, 5) is 10.9. The molecule has 1 aliphatic rings. The van der Waals surface area contributed by atoms with Crippen LogP contribution >= 0.6 is 15.9 Å². The minimum atomic E-state index is -0.185. The highest BCUT2D eigenvalue weighted by Gasteiger charge is 2.28. The zero-order valence-electron chi connectivity index (χ0n) is 6.47. The molecule has 0 radical (unpaired) electrons.